The molecular formula is C48H63NO10. The Morgan fingerprint density at radius 2 is 1.46 bits per heavy atom. The maximum Gasteiger partial charge on any atom is 0.329 e. The minimum absolute atomic E-state index is 0.0719. The van der Waals surface area contributed by atoms with Crippen LogP contribution in [0.5, 0.6) is 34.5 Å². The van der Waals surface area contributed by atoms with Crippen LogP contribution in [0.1, 0.15) is 92.9 Å². The van der Waals surface area contributed by atoms with Crippen molar-refractivity contribution < 1.29 is 47.5 Å². The van der Waals surface area contributed by atoms with Crippen molar-refractivity contribution in [2.75, 3.05) is 61.4 Å². The van der Waals surface area contributed by atoms with Crippen LogP contribution in [0.15, 0.2) is 79.9 Å². The van der Waals surface area contributed by atoms with Crippen molar-refractivity contribution >= 4 is 11.9 Å². The molecule has 2 aliphatic rings. The number of nitrogens with zero attached hydrogens (tertiary/aromatic N) is 1. The number of piperidine rings is 1. The van der Waals surface area contributed by atoms with Crippen LogP contribution in [0.2, 0.25) is 0 Å². The van der Waals surface area contributed by atoms with E-state index in [-0.39, 0.29) is 11.8 Å². The molecule has 2 unspecified atom stereocenters. The molecule has 0 aromatic heterocycles. The number of methoxy groups -OCH3 is 4. The summed E-state index contributed by atoms with van der Waals surface area (Å²) in [6, 6.07) is 16.5. The van der Waals surface area contributed by atoms with Gasteiger partial charge in [0.25, 0.3) is 0 Å². The Bertz CT molecular complexity index is 1800. The van der Waals surface area contributed by atoms with E-state index in [0.717, 1.165) is 61.6 Å². The molecule has 0 N–H and O–H groups in total. The van der Waals surface area contributed by atoms with Gasteiger partial charge in [-0.2, -0.15) is 0 Å². The van der Waals surface area contributed by atoms with Gasteiger partial charge >= 0.3 is 5.97 Å². The molecule has 59 heavy (non-hydrogen) atoms. The molecule has 2 fully saturated rings. The molecule has 11 nitrogen and oxygen atoms in total. The van der Waals surface area contributed by atoms with Crippen molar-refractivity contribution in [2.45, 2.75) is 88.7 Å². The first-order valence-electron chi connectivity index (χ1n) is 21.0. The number of carbonyl (C=O) groups excluding carboxylic acids is 2. The van der Waals surface area contributed by atoms with E-state index in [2.05, 4.69) is 13.2 Å². The van der Waals surface area contributed by atoms with Crippen molar-refractivity contribution in [1.82, 2.24) is 4.90 Å². The zero-order chi connectivity index (χ0) is 42.0. The fourth-order valence-corrected chi connectivity index (χ4v) is 8.23. The van der Waals surface area contributed by atoms with E-state index in [1.807, 2.05) is 54.6 Å². The first kappa shape index (κ1) is 44.9. The fourth-order valence-electron chi connectivity index (χ4n) is 8.23. The first-order chi connectivity index (χ1) is 28.8. The van der Waals surface area contributed by atoms with Crippen LogP contribution in [0.25, 0.3) is 0 Å². The molecule has 1 heterocycles. The lowest BCUT2D eigenvalue weighted by Crippen LogP contribution is -2.51. The number of amides is 1. The monoisotopic (exact) mass is 813 g/mol. The first-order valence-corrected chi connectivity index (χ1v) is 21.0. The van der Waals surface area contributed by atoms with E-state index in [0.29, 0.717) is 93.2 Å². The number of hydrogen-bond donors (Lipinski definition) is 0. The summed E-state index contributed by atoms with van der Waals surface area (Å²) >= 11 is 0. The summed E-state index contributed by atoms with van der Waals surface area (Å²) < 4.78 is 46.8. The van der Waals surface area contributed by atoms with Gasteiger partial charge in [0.2, 0.25) is 11.7 Å². The molecule has 3 aromatic rings. The van der Waals surface area contributed by atoms with Crippen LogP contribution >= 0.6 is 0 Å². The van der Waals surface area contributed by atoms with Gasteiger partial charge in [-0.25, -0.2) is 4.79 Å². The van der Waals surface area contributed by atoms with E-state index >= 15 is 4.79 Å². The minimum atomic E-state index is -0.735. The number of likely N-dealkylation sites (tertiary alicyclic amines) is 1. The van der Waals surface area contributed by atoms with Gasteiger partial charge in [-0.05, 0) is 104 Å². The Kier molecular flexibility index (Phi) is 17.8. The predicted octanol–water partition coefficient (Wildman–Crippen LogP) is 9.22. The van der Waals surface area contributed by atoms with Crippen molar-refractivity contribution in [3.63, 3.8) is 0 Å². The van der Waals surface area contributed by atoms with Crippen molar-refractivity contribution in [2.24, 2.45) is 5.92 Å². The van der Waals surface area contributed by atoms with E-state index in [4.69, 9.17) is 37.9 Å². The van der Waals surface area contributed by atoms with E-state index < -0.39 is 24.0 Å². The van der Waals surface area contributed by atoms with Crippen molar-refractivity contribution in [3.05, 3.63) is 96.6 Å². The number of esters is 1. The third kappa shape index (κ3) is 12.2. The summed E-state index contributed by atoms with van der Waals surface area (Å²) in [7, 11) is 6.40. The Morgan fingerprint density at radius 3 is 2.15 bits per heavy atom. The van der Waals surface area contributed by atoms with Gasteiger partial charge in [-0.1, -0.05) is 56.2 Å². The lowest BCUT2D eigenvalue weighted by atomic mass is 9.75. The highest BCUT2D eigenvalue weighted by Crippen LogP contribution is 2.45. The molecule has 0 bridgehead atoms. The number of carbonyl (C=O) groups is 2. The lowest BCUT2D eigenvalue weighted by Gasteiger charge is -2.40. The van der Waals surface area contributed by atoms with Crippen LogP contribution < -0.4 is 28.4 Å². The number of benzene rings is 3. The molecule has 0 spiro atoms. The Balaban J connectivity index is 1.42. The zero-order valence-corrected chi connectivity index (χ0v) is 35.4. The predicted molar refractivity (Wildman–Crippen MR) is 228 cm³/mol. The molecule has 3 aromatic carbocycles. The summed E-state index contributed by atoms with van der Waals surface area (Å²) in [5, 5.41) is 0. The van der Waals surface area contributed by atoms with Gasteiger partial charge in [0.1, 0.15) is 24.5 Å². The highest BCUT2D eigenvalue weighted by Gasteiger charge is 2.41. The van der Waals surface area contributed by atoms with Gasteiger partial charge < -0.3 is 42.8 Å². The number of rotatable bonds is 23. The molecule has 1 aliphatic carbocycles. The van der Waals surface area contributed by atoms with Crippen LogP contribution in [-0.4, -0.2) is 84.2 Å². The Labute approximate surface area is 350 Å². The number of hydrogen-bond acceptors (Lipinski definition) is 10. The summed E-state index contributed by atoms with van der Waals surface area (Å²) in [4.78, 5) is 31.5. The molecule has 1 saturated heterocycles. The second-order valence-corrected chi connectivity index (χ2v) is 15.1. The normalized spacial score (nSPS) is 16.6. The molecule has 3 atom stereocenters. The lowest BCUT2D eigenvalue weighted by molar-refractivity contribution is -0.163. The maximum atomic E-state index is 15.2. The molecule has 0 radical (unpaired) electrons. The Hall–Kier alpha value is -5.16. The zero-order valence-electron chi connectivity index (χ0n) is 35.4. The van der Waals surface area contributed by atoms with E-state index in [1.165, 1.54) is 0 Å². The highest BCUT2D eigenvalue weighted by atomic mass is 16.6. The minimum Gasteiger partial charge on any atom is -0.493 e. The third-order valence-corrected chi connectivity index (χ3v) is 11.2. The highest BCUT2D eigenvalue weighted by molar-refractivity contribution is 5.89. The summed E-state index contributed by atoms with van der Waals surface area (Å²) in [5.41, 5.74) is 2.60. The second-order valence-electron chi connectivity index (χ2n) is 15.1. The third-order valence-electron chi connectivity index (χ3n) is 11.2. The molecule has 320 valence electrons. The Morgan fingerprint density at radius 1 is 0.746 bits per heavy atom. The molecule has 1 saturated carbocycles. The molecule has 5 rings (SSSR count). The fraction of sp³-hybridized carbons (Fsp3) is 0.500. The summed E-state index contributed by atoms with van der Waals surface area (Å²) in [6.07, 6.45) is 11.7. The SMILES string of the molecule is C=CCOCCCOc1c(OC)cc([C@@H](C(=O)N2CCCCC2C(=O)OC(CCc2ccc(OC)c(OC)c2)c2cccc(OCC=C)c2)C2CCCCC2)cc1OC. The van der Waals surface area contributed by atoms with Crippen LogP contribution in [-0.2, 0) is 25.5 Å². The molecule has 11 heteroatoms. The molecular weight excluding hydrogens is 751 g/mol. The average molecular weight is 814 g/mol. The van der Waals surface area contributed by atoms with Gasteiger partial charge in [0.05, 0.1) is 54.2 Å². The largest absolute Gasteiger partial charge is 0.493 e. The number of ether oxygens (including phenoxy) is 8. The molecule has 1 amide bonds. The standard InChI is InChI=1S/C48H63NO10/c1-7-26-56-28-15-29-58-46-43(54-5)32-37(33-44(46)55-6)45(35-16-10-9-11-17-35)47(50)49-25-13-12-20-39(49)48(51)59-40(36-18-14-19-38(31-36)57-27-8-2)23-21-34-22-24-41(52-3)42(30-34)53-4/h7-8,14,18-19,22,24,30-33,35,39-40,45H,1-2,9-13,15-17,20-21,23,25-29H2,3-6H3/t39?,40?,45-/m0/s1. The van der Waals surface area contributed by atoms with Crippen LogP contribution in [0.4, 0.5) is 0 Å². The smallest absolute Gasteiger partial charge is 0.329 e. The van der Waals surface area contributed by atoms with Gasteiger partial charge in [-0.15, -0.1) is 6.58 Å². The van der Waals surface area contributed by atoms with Crippen LogP contribution in [0.3, 0.4) is 0 Å². The maximum absolute atomic E-state index is 15.2. The van der Waals surface area contributed by atoms with Crippen molar-refractivity contribution in [1.29, 1.82) is 0 Å². The summed E-state index contributed by atoms with van der Waals surface area (Å²) in [5.74, 6) is 2.49. The molecule has 1 aliphatic heterocycles. The van der Waals surface area contributed by atoms with Gasteiger partial charge in [-0.3, -0.25) is 4.79 Å². The number of aryl methyl sites for hydroxylation is 1. The average Bonchev–Trinajstić information content (AvgIpc) is 3.28. The van der Waals surface area contributed by atoms with Crippen LogP contribution in [0, 0.1) is 5.92 Å². The van der Waals surface area contributed by atoms with Gasteiger partial charge in [0.15, 0.2) is 23.0 Å². The van der Waals surface area contributed by atoms with E-state index in [1.54, 1.807) is 45.5 Å². The van der Waals surface area contributed by atoms with Crippen molar-refractivity contribution in [3.8, 4) is 34.5 Å². The topological polar surface area (TPSA) is 111 Å². The summed E-state index contributed by atoms with van der Waals surface area (Å²) in [6.45, 7) is 9.67. The van der Waals surface area contributed by atoms with E-state index in [9.17, 15) is 4.79 Å². The van der Waals surface area contributed by atoms with Gasteiger partial charge in [0, 0.05) is 13.0 Å². The quantitative estimate of drug-likeness (QED) is 0.0522. The second kappa shape index (κ2) is 23.4.